The smallest absolute Gasteiger partial charge is 0.162 e. The molecule has 0 amide bonds. The molecule has 2 N–H and O–H groups in total. The van der Waals surface area contributed by atoms with E-state index in [4.69, 9.17) is 9.47 Å². The lowest BCUT2D eigenvalue weighted by atomic mass is 9.79. The number of phenols is 2. The van der Waals surface area contributed by atoms with Crippen LogP contribution in [0.4, 0.5) is 0 Å². The molecule has 0 radical (unpaired) electrons. The zero-order valence-corrected chi connectivity index (χ0v) is 26.3. The minimum Gasteiger partial charge on any atom is -0.504 e. The van der Waals surface area contributed by atoms with Crippen LogP contribution >= 0.6 is 0 Å². The first kappa shape index (κ1) is 34.1. The van der Waals surface area contributed by atoms with E-state index in [1.807, 2.05) is 12.1 Å². The molecule has 0 aromatic heterocycles. The third-order valence-electron chi connectivity index (χ3n) is 8.12. The van der Waals surface area contributed by atoms with Gasteiger partial charge in [-0.05, 0) is 76.1 Å². The van der Waals surface area contributed by atoms with Gasteiger partial charge in [-0.2, -0.15) is 0 Å². The van der Waals surface area contributed by atoms with Crippen LogP contribution in [0.3, 0.4) is 0 Å². The number of rotatable bonds is 18. The number of benzene rings is 2. The van der Waals surface area contributed by atoms with E-state index in [1.165, 1.54) is 14.2 Å². The lowest BCUT2D eigenvalue weighted by molar-refractivity contribution is -0.138. The summed E-state index contributed by atoms with van der Waals surface area (Å²) in [5.74, 6) is 0.775. The highest BCUT2D eigenvalue weighted by Crippen LogP contribution is 2.35. The van der Waals surface area contributed by atoms with Gasteiger partial charge in [-0.25, -0.2) is 0 Å². The summed E-state index contributed by atoms with van der Waals surface area (Å²) >= 11 is 0. The quantitative estimate of drug-likeness (QED) is 0.226. The molecule has 8 heteroatoms. The van der Waals surface area contributed by atoms with Crippen LogP contribution in [0.1, 0.15) is 76.6 Å². The molecular weight excluding hydrogens is 520 g/mol. The molecule has 0 aliphatic carbocycles. The van der Waals surface area contributed by atoms with Crippen molar-refractivity contribution in [1.29, 1.82) is 0 Å². The zero-order valence-electron chi connectivity index (χ0n) is 26.3. The van der Waals surface area contributed by atoms with Crippen LogP contribution in [0, 0.1) is 5.41 Å². The Morgan fingerprint density at radius 3 is 1.32 bits per heavy atom. The monoisotopic (exact) mass is 570 g/mol. The molecule has 8 nitrogen and oxygen atoms in total. The average molecular weight is 571 g/mol. The van der Waals surface area contributed by atoms with Gasteiger partial charge in [0.05, 0.1) is 19.6 Å². The molecule has 2 rings (SSSR count). The van der Waals surface area contributed by atoms with E-state index in [9.17, 15) is 19.8 Å². The summed E-state index contributed by atoms with van der Waals surface area (Å²) in [4.78, 5) is 31.0. The molecule has 0 aliphatic heterocycles. The van der Waals surface area contributed by atoms with Crippen LogP contribution < -0.4 is 9.47 Å². The minimum atomic E-state index is -1.13. The number of hydrogen-bond donors (Lipinski definition) is 2. The second-order valence-electron chi connectivity index (χ2n) is 11.0. The fraction of sp³-hybridized carbons (Fsp3) is 0.576. The van der Waals surface area contributed by atoms with E-state index in [0.717, 1.165) is 48.4 Å². The van der Waals surface area contributed by atoms with E-state index < -0.39 is 5.41 Å². The minimum absolute atomic E-state index is 0.120. The van der Waals surface area contributed by atoms with Crippen molar-refractivity contribution in [2.75, 3.05) is 40.4 Å². The van der Waals surface area contributed by atoms with Crippen molar-refractivity contribution in [3.63, 3.8) is 0 Å². The van der Waals surface area contributed by atoms with Crippen LogP contribution in [0.25, 0.3) is 0 Å². The van der Waals surface area contributed by atoms with Gasteiger partial charge in [-0.15, -0.1) is 0 Å². The molecule has 0 saturated heterocycles. The molecule has 0 bridgehead atoms. The van der Waals surface area contributed by atoms with E-state index in [2.05, 4.69) is 37.5 Å². The number of Topliss-reactive ketones (excluding diaryl/α,β-unsaturated/α-hetero) is 2. The number of aryl methyl sites for hydroxylation is 2. The molecule has 0 atom stereocenters. The van der Waals surface area contributed by atoms with Gasteiger partial charge < -0.3 is 19.7 Å². The summed E-state index contributed by atoms with van der Waals surface area (Å²) in [6, 6.07) is 7.37. The van der Waals surface area contributed by atoms with Crippen molar-refractivity contribution in [2.45, 2.75) is 80.3 Å². The van der Waals surface area contributed by atoms with Gasteiger partial charge >= 0.3 is 0 Å². The molecule has 0 heterocycles. The Kier molecular flexibility index (Phi) is 13.1. The summed E-state index contributed by atoms with van der Waals surface area (Å²) in [7, 11) is 3.03. The van der Waals surface area contributed by atoms with Gasteiger partial charge in [0.25, 0.3) is 0 Å². The lowest BCUT2D eigenvalue weighted by Gasteiger charge is -2.23. The van der Waals surface area contributed by atoms with E-state index >= 15 is 0 Å². The van der Waals surface area contributed by atoms with Gasteiger partial charge in [0.2, 0.25) is 0 Å². The molecule has 0 spiro atoms. The van der Waals surface area contributed by atoms with Gasteiger partial charge in [-0.3, -0.25) is 19.4 Å². The van der Waals surface area contributed by atoms with Gasteiger partial charge in [0.15, 0.2) is 23.0 Å². The Morgan fingerprint density at radius 2 is 1.02 bits per heavy atom. The Morgan fingerprint density at radius 1 is 0.683 bits per heavy atom. The topological polar surface area (TPSA) is 99.5 Å². The van der Waals surface area contributed by atoms with Gasteiger partial charge in [0.1, 0.15) is 11.6 Å². The van der Waals surface area contributed by atoms with Crippen LogP contribution in [-0.2, 0) is 35.5 Å². The first-order valence-electron chi connectivity index (χ1n) is 14.7. The highest BCUT2D eigenvalue weighted by molar-refractivity contribution is 6.06. The molecule has 228 valence electrons. The van der Waals surface area contributed by atoms with Crippen molar-refractivity contribution >= 4 is 11.6 Å². The summed E-state index contributed by atoms with van der Waals surface area (Å²) in [5, 5.41) is 21.3. The molecule has 41 heavy (non-hydrogen) atoms. The Balaban J connectivity index is 2.12. The Bertz CT molecular complexity index is 1080. The summed E-state index contributed by atoms with van der Waals surface area (Å²) in [6.45, 7) is 16.3. The van der Waals surface area contributed by atoms with Crippen molar-refractivity contribution < 1.29 is 29.3 Å². The van der Waals surface area contributed by atoms with Crippen LogP contribution in [0.2, 0.25) is 0 Å². The standard InChI is InChI=1S/C33H50N2O6/c1-9-34(10-2)21-25-17-23(19-27(40-7)31(25)38)13-15-29(36)33(5,6)30(37)16-14-24-18-26(22-35(11-3)12-4)32(39)28(20-24)41-8/h17-20,38-39H,9-16,21-22H2,1-8H3. The fourth-order valence-electron chi connectivity index (χ4n) is 4.97. The second-order valence-corrected chi connectivity index (χ2v) is 11.0. The average Bonchev–Trinajstić information content (AvgIpc) is 2.97. The maximum absolute atomic E-state index is 13.3. The second kappa shape index (κ2) is 15.8. The van der Waals surface area contributed by atoms with E-state index in [-0.39, 0.29) is 35.9 Å². The number of hydrogen-bond acceptors (Lipinski definition) is 8. The molecule has 0 aliphatic rings. The van der Waals surface area contributed by atoms with Crippen molar-refractivity contribution in [3.8, 4) is 23.0 Å². The fourth-order valence-corrected chi connectivity index (χ4v) is 4.97. The summed E-state index contributed by atoms with van der Waals surface area (Å²) < 4.78 is 10.8. The molecule has 0 unspecified atom stereocenters. The predicted molar refractivity (Wildman–Crippen MR) is 163 cm³/mol. The number of nitrogens with zero attached hydrogens (tertiary/aromatic N) is 2. The van der Waals surface area contributed by atoms with Crippen molar-refractivity contribution in [2.24, 2.45) is 5.41 Å². The van der Waals surface area contributed by atoms with Crippen LogP contribution in [-0.4, -0.2) is 72.0 Å². The number of phenolic OH excluding ortho intramolecular Hbond substituents is 2. The summed E-state index contributed by atoms with van der Waals surface area (Å²) in [6.07, 6.45) is 1.31. The lowest BCUT2D eigenvalue weighted by Crippen LogP contribution is -2.34. The molecule has 2 aromatic carbocycles. The van der Waals surface area contributed by atoms with Crippen molar-refractivity contribution in [1.82, 2.24) is 9.80 Å². The number of carbonyl (C=O) groups is 2. The van der Waals surface area contributed by atoms with Crippen molar-refractivity contribution in [3.05, 3.63) is 46.5 Å². The maximum atomic E-state index is 13.3. The normalized spacial score (nSPS) is 11.8. The van der Waals surface area contributed by atoms with Crippen LogP contribution in [0.5, 0.6) is 23.0 Å². The maximum Gasteiger partial charge on any atom is 0.162 e. The zero-order chi connectivity index (χ0) is 30.7. The highest BCUT2D eigenvalue weighted by atomic mass is 16.5. The first-order chi connectivity index (χ1) is 19.4. The summed E-state index contributed by atoms with van der Waals surface area (Å²) in [5.41, 5.74) is 2.16. The SMILES string of the molecule is CCN(CC)Cc1cc(CCC(=O)C(C)(C)C(=O)CCc2cc(CN(CC)CC)c(O)c(OC)c2)cc(OC)c1O. The van der Waals surface area contributed by atoms with E-state index in [1.54, 1.807) is 26.0 Å². The molecule has 2 aromatic rings. The predicted octanol–water partition coefficient (Wildman–Crippen LogP) is 5.53. The number of carbonyl (C=O) groups excluding carboxylic acids is 2. The van der Waals surface area contributed by atoms with Gasteiger partial charge in [-0.1, -0.05) is 39.8 Å². The largest absolute Gasteiger partial charge is 0.504 e. The molecule has 0 fully saturated rings. The number of aromatic hydroxyl groups is 2. The molecule has 0 saturated carbocycles. The van der Waals surface area contributed by atoms with Crippen LogP contribution in [0.15, 0.2) is 24.3 Å². The third-order valence-corrected chi connectivity index (χ3v) is 8.12. The first-order valence-corrected chi connectivity index (χ1v) is 14.7. The highest BCUT2D eigenvalue weighted by Gasteiger charge is 2.34. The third kappa shape index (κ3) is 8.94. The van der Waals surface area contributed by atoms with E-state index in [0.29, 0.717) is 37.4 Å². The number of ketones is 2. The molecular formula is C33H50N2O6. The Labute approximate surface area is 246 Å². The Hall–Kier alpha value is -3.10. The number of ether oxygens (including phenoxy) is 2. The number of methoxy groups -OCH3 is 2. The van der Waals surface area contributed by atoms with Gasteiger partial charge in [0, 0.05) is 37.1 Å².